The summed E-state index contributed by atoms with van der Waals surface area (Å²) in [5.41, 5.74) is 0. The first-order valence-electron chi connectivity index (χ1n) is 6.90. The Labute approximate surface area is 130 Å². The van der Waals surface area contributed by atoms with Gasteiger partial charge < -0.3 is 0 Å². The first-order chi connectivity index (χ1) is 10.4. The van der Waals surface area contributed by atoms with Gasteiger partial charge in [-0.25, -0.2) is 0 Å². The molecule has 0 saturated heterocycles. The van der Waals surface area contributed by atoms with Gasteiger partial charge in [-0.1, -0.05) is 0 Å². The van der Waals surface area contributed by atoms with Gasteiger partial charge in [0.15, 0.2) is 0 Å². The molecule has 0 aliphatic rings. The number of hydrogen-bond donors (Lipinski definition) is 1. The van der Waals surface area contributed by atoms with Crippen molar-refractivity contribution in [1.82, 2.24) is 4.98 Å². The number of pyridine rings is 2. The molecule has 0 bridgehead atoms. The van der Waals surface area contributed by atoms with Crippen molar-refractivity contribution in [2.24, 2.45) is 0 Å². The number of fused-ring (bicyclic) bond motifs is 1. The Hall–Kier alpha value is -1.74. The van der Waals surface area contributed by atoms with Gasteiger partial charge in [0.1, 0.15) is 0 Å². The molecule has 1 aromatic carbocycles. The Morgan fingerprint density at radius 2 is 1.95 bits per heavy atom. The number of rotatable bonds is 5. The van der Waals surface area contributed by atoms with Crippen LogP contribution < -0.4 is 9.03 Å². The van der Waals surface area contributed by atoms with Crippen LogP contribution in [0.15, 0.2) is 67.3 Å². The van der Waals surface area contributed by atoms with E-state index in [0.717, 1.165) is 10.7 Å². The summed E-state index contributed by atoms with van der Waals surface area (Å²) in [5.74, 6) is 0. The summed E-state index contributed by atoms with van der Waals surface area (Å²) in [7, 11) is 0. The van der Waals surface area contributed by atoms with Crippen molar-refractivity contribution in [1.29, 1.82) is 0 Å². The number of aliphatic hydroxyl groups is 1. The molecule has 21 heavy (non-hydrogen) atoms. The zero-order valence-corrected chi connectivity index (χ0v) is 13.3. The summed E-state index contributed by atoms with van der Waals surface area (Å²) >= 11 is 0.367. The van der Waals surface area contributed by atoms with Gasteiger partial charge in [-0.15, -0.1) is 0 Å². The molecule has 0 fully saturated rings. The van der Waals surface area contributed by atoms with Gasteiger partial charge >= 0.3 is 130 Å². The van der Waals surface area contributed by atoms with Crippen LogP contribution in [0.4, 0.5) is 0 Å². The fraction of sp³-hybridized carbons (Fsp3) is 0.176. The van der Waals surface area contributed by atoms with Gasteiger partial charge in [0.25, 0.3) is 0 Å². The van der Waals surface area contributed by atoms with Crippen LogP contribution in [0.3, 0.4) is 0 Å². The van der Waals surface area contributed by atoms with Crippen molar-refractivity contribution < 1.29 is 9.67 Å². The molecule has 3 nitrogen and oxygen atoms in total. The maximum absolute atomic E-state index is 9.70. The van der Waals surface area contributed by atoms with Crippen LogP contribution in [0.2, 0.25) is 5.32 Å². The van der Waals surface area contributed by atoms with Gasteiger partial charge in [0.2, 0.25) is 0 Å². The summed E-state index contributed by atoms with van der Waals surface area (Å²) in [6.07, 6.45) is 7.78. The normalized spacial score (nSPS) is 12.4. The van der Waals surface area contributed by atoms with Gasteiger partial charge in [-0.2, -0.15) is 0 Å². The molecule has 3 aromatic rings. The molecule has 2 heterocycles. The van der Waals surface area contributed by atoms with E-state index in [9.17, 15) is 5.11 Å². The van der Waals surface area contributed by atoms with Crippen molar-refractivity contribution in [3.63, 3.8) is 0 Å². The fourth-order valence-electron chi connectivity index (χ4n) is 2.22. The molecular formula is C17H17N2OSe+. The Kier molecular flexibility index (Phi) is 4.61. The van der Waals surface area contributed by atoms with Crippen LogP contribution in [0, 0.1) is 0 Å². The Balaban J connectivity index is 1.78. The predicted molar refractivity (Wildman–Crippen MR) is 84.7 cm³/mol. The van der Waals surface area contributed by atoms with Gasteiger partial charge in [-0.05, 0) is 0 Å². The predicted octanol–water partition coefficient (Wildman–Crippen LogP) is 1.50. The summed E-state index contributed by atoms with van der Waals surface area (Å²) in [5, 5.41) is 13.0. The Morgan fingerprint density at radius 1 is 1.10 bits per heavy atom. The van der Waals surface area contributed by atoms with Crippen LogP contribution in [0.1, 0.15) is 6.04 Å². The zero-order valence-electron chi connectivity index (χ0n) is 11.6. The summed E-state index contributed by atoms with van der Waals surface area (Å²) in [6, 6.07) is 14.7. The number of nitrogens with zero attached hydrogens (tertiary/aromatic N) is 2. The average molecular weight is 344 g/mol. The van der Waals surface area contributed by atoms with Crippen molar-refractivity contribution >= 4 is 30.2 Å². The minimum atomic E-state index is 0.120. The molecule has 4 heteroatoms. The fourth-order valence-corrected chi connectivity index (χ4v) is 4.34. The maximum atomic E-state index is 9.70. The van der Waals surface area contributed by atoms with Crippen LogP contribution in [-0.4, -0.2) is 31.7 Å². The molecule has 1 N–H and O–H groups in total. The van der Waals surface area contributed by atoms with Crippen molar-refractivity contribution in [2.75, 3.05) is 6.61 Å². The molecule has 2 aromatic heterocycles. The topological polar surface area (TPSA) is 37.0 Å². The van der Waals surface area contributed by atoms with E-state index in [-0.39, 0.29) is 12.6 Å². The monoisotopic (exact) mass is 345 g/mol. The van der Waals surface area contributed by atoms with Gasteiger partial charge in [0.05, 0.1) is 0 Å². The van der Waals surface area contributed by atoms with E-state index in [4.69, 9.17) is 0 Å². The number of benzene rings is 1. The van der Waals surface area contributed by atoms with Crippen molar-refractivity contribution in [3.05, 3.63) is 67.3 Å². The minimum absolute atomic E-state index is 0.120. The molecule has 1 atom stereocenters. The zero-order chi connectivity index (χ0) is 14.5. The molecule has 0 saturated carbocycles. The number of aliphatic hydroxyl groups excluding tert-OH is 1. The summed E-state index contributed by atoms with van der Waals surface area (Å²) in [4.78, 5) is 4.16. The van der Waals surface area contributed by atoms with E-state index in [1.54, 1.807) is 6.20 Å². The second-order valence-electron chi connectivity index (χ2n) is 4.86. The average Bonchev–Trinajstić information content (AvgIpc) is 2.56. The van der Waals surface area contributed by atoms with E-state index in [2.05, 4.69) is 46.1 Å². The summed E-state index contributed by atoms with van der Waals surface area (Å²) in [6.45, 7) is 0.158. The molecule has 0 aliphatic heterocycles. The van der Waals surface area contributed by atoms with E-state index in [0.29, 0.717) is 15.0 Å². The SMILES string of the molecule is OC[C@H](C[Se]c1ccccc1)[n+]1ccc2ccncc2c1. The van der Waals surface area contributed by atoms with Crippen LogP contribution >= 0.6 is 0 Å². The van der Waals surface area contributed by atoms with E-state index >= 15 is 0 Å². The first kappa shape index (κ1) is 14.2. The molecule has 3 rings (SSSR count). The second kappa shape index (κ2) is 6.81. The van der Waals surface area contributed by atoms with Crippen molar-refractivity contribution in [3.8, 4) is 0 Å². The Morgan fingerprint density at radius 3 is 2.76 bits per heavy atom. The van der Waals surface area contributed by atoms with E-state index in [1.165, 1.54) is 9.85 Å². The number of aromatic nitrogens is 2. The standard InChI is InChI=1S/C17H17N2OSe/c20-12-16(13-21-17-4-2-1-3-5-17)19-9-7-14-6-8-18-10-15(14)11-19/h1-11,16,20H,12-13H2/q+1/t16-/m1/s1. The third-order valence-corrected chi connectivity index (χ3v) is 5.85. The first-order valence-corrected chi connectivity index (χ1v) is 8.97. The van der Waals surface area contributed by atoms with Gasteiger partial charge in [-0.3, -0.25) is 0 Å². The van der Waals surface area contributed by atoms with Gasteiger partial charge in [0, 0.05) is 0 Å². The molecule has 0 aliphatic carbocycles. The number of hydrogen-bond acceptors (Lipinski definition) is 2. The molecule has 0 spiro atoms. The molecule has 106 valence electrons. The van der Waals surface area contributed by atoms with Crippen LogP contribution in [0.5, 0.6) is 0 Å². The molecule has 0 unspecified atom stereocenters. The second-order valence-corrected chi connectivity index (χ2v) is 7.15. The van der Waals surface area contributed by atoms with Crippen LogP contribution in [-0.2, 0) is 0 Å². The molecule has 0 amide bonds. The van der Waals surface area contributed by atoms with E-state index in [1.807, 2.05) is 24.5 Å². The van der Waals surface area contributed by atoms with Crippen molar-refractivity contribution in [2.45, 2.75) is 11.4 Å². The summed E-state index contributed by atoms with van der Waals surface area (Å²) < 4.78 is 3.47. The quantitative estimate of drug-likeness (QED) is 0.563. The molecule has 0 radical (unpaired) electrons. The molecular weight excluding hydrogens is 327 g/mol. The van der Waals surface area contributed by atoms with E-state index < -0.39 is 0 Å². The Bertz CT molecular complexity index is 718. The third kappa shape index (κ3) is 3.48. The van der Waals surface area contributed by atoms with Crippen LogP contribution in [0.25, 0.3) is 10.8 Å². The third-order valence-electron chi connectivity index (χ3n) is 3.42.